The predicted octanol–water partition coefficient (Wildman–Crippen LogP) is 3.04. The lowest BCUT2D eigenvalue weighted by atomic mass is 9.80. The molecule has 2 N–H and O–H groups in total. The van der Waals surface area contributed by atoms with Crippen LogP contribution in [0.2, 0.25) is 0 Å². The number of carbonyl (C=O) groups is 2. The third-order valence-corrected chi connectivity index (χ3v) is 8.85. The number of nitrogens with zero attached hydrogens (tertiary/aromatic N) is 3. The molecule has 38 heavy (non-hydrogen) atoms. The molecule has 0 unspecified atom stereocenters. The Morgan fingerprint density at radius 3 is 2.47 bits per heavy atom. The van der Waals surface area contributed by atoms with E-state index in [9.17, 15) is 19.1 Å². The smallest absolute Gasteiger partial charge is 0.306 e. The van der Waals surface area contributed by atoms with Crippen LogP contribution in [-0.4, -0.2) is 70.1 Å². The summed E-state index contributed by atoms with van der Waals surface area (Å²) in [6.07, 6.45) is 12.2. The minimum absolute atomic E-state index is 0.000537. The van der Waals surface area contributed by atoms with Crippen LogP contribution in [0.1, 0.15) is 74.2 Å². The fourth-order valence-corrected chi connectivity index (χ4v) is 6.34. The van der Waals surface area contributed by atoms with E-state index in [1.807, 2.05) is 20.0 Å². The van der Waals surface area contributed by atoms with E-state index in [-0.39, 0.29) is 17.9 Å². The molecule has 1 saturated carbocycles. The largest absolute Gasteiger partial charge is 0.481 e. The fraction of sp³-hybridized carbons (Fsp3) is 0.533. The molecule has 1 amide bonds. The molecule has 8 heteroatoms. The highest BCUT2D eigenvalue weighted by Gasteiger charge is 2.32. The SMILES string of the molecule is CC(C)N(C)C(=O)c1cc(F)ccc1-n1cc(C2CCC(N3CCC(C(=O)O)CC3)CC2)c2c1=CNCC=2. The van der Waals surface area contributed by atoms with Crippen LogP contribution in [0.15, 0.2) is 24.4 Å². The second kappa shape index (κ2) is 10.9. The van der Waals surface area contributed by atoms with Gasteiger partial charge in [0, 0.05) is 43.3 Å². The molecule has 204 valence electrons. The number of benzene rings is 1. The van der Waals surface area contributed by atoms with E-state index in [4.69, 9.17) is 0 Å². The molecule has 3 heterocycles. The van der Waals surface area contributed by atoms with E-state index in [2.05, 4.69) is 27.1 Å². The van der Waals surface area contributed by atoms with Crippen molar-refractivity contribution in [2.24, 2.45) is 5.92 Å². The van der Waals surface area contributed by atoms with Crippen molar-refractivity contribution in [3.8, 4) is 5.69 Å². The van der Waals surface area contributed by atoms with Crippen molar-refractivity contribution < 1.29 is 19.1 Å². The highest BCUT2D eigenvalue weighted by molar-refractivity contribution is 5.98. The number of carboxylic acid groups (broad SMARTS) is 1. The third kappa shape index (κ3) is 5.10. The Hall–Kier alpha value is -3.13. The first-order valence-corrected chi connectivity index (χ1v) is 13.9. The number of piperidine rings is 1. The molecule has 1 aromatic heterocycles. The van der Waals surface area contributed by atoms with Gasteiger partial charge < -0.3 is 24.8 Å². The number of carbonyl (C=O) groups excluding carboxylic acids is 1. The number of amides is 1. The van der Waals surface area contributed by atoms with Gasteiger partial charge in [-0.15, -0.1) is 0 Å². The van der Waals surface area contributed by atoms with Gasteiger partial charge in [0.2, 0.25) is 0 Å². The van der Waals surface area contributed by atoms with Crippen LogP contribution >= 0.6 is 0 Å². The maximum Gasteiger partial charge on any atom is 0.306 e. The summed E-state index contributed by atoms with van der Waals surface area (Å²) < 4.78 is 16.4. The molecule has 0 spiro atoms. The normalized spacial score (nSPS) is 22.2. The summed E-state index contributed by atoms with van der Waals surface area (Å²) in [5, 5.41) is 14.8. The van der Waals surface area contributed by atoms with Crippen LogP contribution < -0.4 is 15.9 Å². The van der Waals surface area contributed by atoms with Gasteiger partial charge in [0.1, 0.15) is 5.82 Å². The standard InChI is InChI=1S/C30H39FN4O3/c1-19(2)33(3)29(36)25-16-22(31)6-9-27(25)35-18-26(24-10-13-32-17-28(24)35)20-4-7-23(8-5-20)34-14-11-21(12-15-34)30(37)38/h6,9-10,16-21,23,32H,4-5,7-8,11-15H2,1-3H3,(H,37,38). The average Bonchev–Trinajstić information content (AvgIpc) is 3.32. The van der Waals surface area contributed by atoms with Crippen LogP contribution in [0.5, 0.6) is 0 Å². The van der Waals surface area contributed by atoms with Crippen molar-refractivity contribution in [1.82, 2.24) is 19.7 Å². The molecule has 0 radical (unpaired) electrons. The number of hydrogen-bond acceptors (Lipinski definition) is 4. The summed E-state index contributed by atoms with van der Waals surface area (Å²) in [6, 6.07) is 5.00. The van der Waals surface area contributed by atoms with E-state index < -0.39 is 11.8 Å². The Morgan fingerprint density at radius 2 is 1.82 bits per heavy atom. The monoisotopic (exact) mass is 522 g/mol. The summed E-state index contributed by atoms with van der Waals surface area (Å²) >= 11 is 0. The van der Waals surface area contributed by atoms with Gasteiger partial charge in [0.15, 0.2) is 0 Å². The van der Waals surface area contributed by atoms with E-state index in [1.54, 1.807) is 18.0 Å². The van der Waals surface area contributed by atoms with Gasteiger partial charge >= 0.3 is 5.97 Å². The van der Waals surface area contributed by atoms with E-state index >= 15 is 0 Å². The number of aliphatic carboxylic acids is 1. The predicted molar refractivity (Wildman–Crippen MR) is 146 cm³/mol. The zero-order chi connectivity index (χ0) is 27.0. The molecule has 2 fully saturated rings. The summed E-state index contributed by atoms with van der Waals surface area (Å²) in [5.41, 5.74) is 2.34. The van der Waals surface area contributed by atoms with Crippen molar-refractivity contribution in [2.45, 2.75) is 70.4 Å². The molecule has 0 bridgehead atoms. The van der Waals surface area contributed by atoms with Crippen molar-refractivity contribution >= 4 is 24.2 Å². The van der Waals surface area contributed by atoms with E-state index in [0.29, 0.717) is 23.2 Å². The number of aromatic nitrogens is 1. The van der Waals surface area contributed by atoms with Crippen molar-refractivity contribution in [1.29, 1.82) is 0 Å². The van der Waals surface area contributed by atoms with Crippen LogP contribution in [0.3, 0.4) is 0 Å². The summed E-state index contributed by atoms with van der Waals surface area (Å²) in [7, 11) is 1.75. The molecule has 1 aliphatic carbocycles. The lowest BCUT2D eigenvalue weighted by Gasteiger charge is -2.40. The molecular weight excluding hydrogens is 483 g/mol. The number of halogens is 1. The molecule has 7 nitrogen and oxygen atoms in total. The van der Waals surface area contributed by atoms with Crippen LogP contribution in [0.25, 0.3) is 18.0 Å². The van der Waals surface area contributed by atoms with Crippen LogP contribution in [-0.2, 0) is 4.79 Å². The van der Waals surface area contributed by atoms with Crippen LogP contribution in [0, 0.1) is 11.7 Å². The average molecular weight is 523 g/mol. The molecule has 2 aliphatic heterocycles. The molecule has 5 rings (SSSR count). The van der Waals surface area contributed by atoms with Gasteiger partial charge in [-0.1, -0.05) is 6.08 Å². The molecular formula is C30H39FN4O3. The molecule has 0 atom stereocenters. The van der Waals surface area contributed by atoms with Gasteiger partial charge in [-0.3, -0.25) is 9.59 Å². The lowest BCUT2D eigenvalue weighted by molar-refractivity contribution is -0.143. The maximum absolute atomic E-state index is 14.3. The van der Waals surface area contributed by atoms with Gasteiger partial charge in [-0.05, 0) is 95.1 Å². The number of nitrogens with one attached hydrogen (secondary N) is 1. The minimum Gasteiger partial charge on any atom is -0.481 e. The minimum atomic E-state index is -0.660. The summed E-state index contributed by atoms with van der Waals surface area (Å²) in [5.74, 6) is -1.06. The molecule has 3 aliphatic rings. The van der Waals surface area contributed by atoms with Gasteiger partial charge in [-0.2, -0.15) is 0 Å². The fourth-order valence-electron chi connectivity index (χ4n) is 6.34. The number of fused-ring (bicyclic) bond motifs is 1. The Kier molecular flexibility index (Phi) is 7.61. The Bertz CT molecular complexity index is 1320. The van der Waals surface area contributed by atoms with Gasteiger partial charge in [-0.25, -0.2) is 4.39 Å². The second-order valence-electron chi connectivity index (χ2n) is 11.3. The number of rotatable bonds is 6. The summed E-state index contributed by atoms with van der Waals surface area (Å²) in [6.45, 7) is 6.40. The molecule has 1 saturated heterocycles. The van der Waals surface area contributed by atoms with Gasteiger partial charge in [0.05, 0.1) is 22.5 Å². The topological polar surface area (TPSA) is 77.8 Å². The van der Waals surface area contributed by atoms with Crippen molar-refractivity contribution in [2.75, 3.05) is 26.7 Å². The quantitative estimate of drug-likeness (QED) is 0.610. The van der Waals surface area contributed by atoms with Crippen molar-refractivity contribution in [3.05, 3.63) is 51.9 Å². The zero-order valence-electron chi connectivity index (χ0n) is 22.6. The Balaban J connectivity index is 1.41. The second-order valence-corrected chi connectivity index (χ2v) is 11.3. The van der Waals surface area contributed by atoms with E-state index in [0.717, 1.165) is 63.5 Å². The number of hydrogen-bond donors (Lipinski definition) is 2. The van der Waals surface area contributed by atoms with E-state index in [1.165, 1.54) is 22.9 Å². The first kappa shape index (κ1) is 26.5. The molecule has 1 aromatic carbocycles. The Labute approximate surface area is 223 Å². The lowest BCUT2D eigenvalue weighted by Crippen LogP contribution is -2.44. The van der Waals surface area contributed by atoms with Gasteiger partial charge in [0.25, 0.3) is 5.91 Å². The summed E-state index contributed by atoms with van der Waals surface area (Å²) in [4.78, 5) is 28.8. The highest BCUT2D eigenvalue weighted by Crippen LogP contribution is 2.35. The molecule has 2 aromatic rings. The third-order valence-electron chi connectivity index (χ3n) is 8.85. The zero-order valence-corrected chi connectivity index (χ0v) is 22.6. The first-order chi connectivity index (χ1) is 18.2. The highest BCUT2D eigenvalue weighted by atomic mass is 19.1. The number of likely N-dealkylation sites (tertiary alicyclic amines) is 1. The first-order valence-electron chi connectivity index (χ1n) is 13.9. The number of carboxylic acids is 1. The Morgan fingerprint density at radius 1 is 1.11 bits per heavy atom. The van der Waals surface area contributed by atoms with Crippen molar-refractivity contribution in [3.63, 3.8) is 0 Å². The maximum atomic E-state index is 14.3. The van der Waals surface area contributed by atoms with Crippen LogP contribution in [0.4, 0.5) is 4.39 Å².